The van der Waals surface area contributed by atoms with Crippen molar-refractivity contribution in [3.63, 3.8) is 0 Å². The lowest BCUT2D eigenvalue weighted by Crippen LogP contribution is -2.44. The summed E-state index contributed by atoms with van der Waals surface area (Å²) in [5.41, 5.74) is 0.854. The van der Waals surface area contributed by atoms with Gasteiger partial charge in [0.1, 0.15) is 18.1 Å². The number of carbonyl (C=O) groups excluding carboxylic acids is 2. The summed E-state index contributed by atoms with van der Waals surface area (Å²) in [6.07, 6.45) is 3.21. The molecule has 1 aromatic carbocycles. The average Bonchev–Trinajstić information content (AvgIpc) is 3.36. The molecule has 0 saturated carbocycles. The zero-order valence-corrected chi connectivity index (χ0v) is 19.0. The molecular formula is C23H28ClN5O3. The van der Waals surface area contributed by atoms with Gasteiger partial charge in [0.05, 0.1) is 6.21 Å². The number of likely N-dealkylation sites (N-methyl/N-ethyl adjacent to an activating group) is 1. The number of hydrogen-bond acceptors (Lipinski definition) is 6. The van der Waals surface area contributed by atoms with Crippen LogP contribution in [0.15, 0.2) is 45.9 Å². The molecule has 3 amide bonds. The van der Waals surface area contributed by atoms with Gasteiger partial charge < -0.3 is 14.2 Å². The molecule has 170 valence electrons. The molecule has 2 saturated heterocycles. The minimum atomic E-state index is -0.382. The van der Waals surface area contributed by atoms with Crippen molar-refractivity contribution in [2.24, 2.45) is 5.10 Å². The number of nitrogens with zero attached hydrogens (tertiary/aromatic N) is 5. The van der Waals surface area contributed by atoms with Crippen LogP contribution in [0.5, 0.6) is 0 Å². The van der Waals surface area contributed by atoms with Crippen molar-refractivity contribution < 1.29 is 14.0 Å². The van der Waals surface area contributed by atoms with Crippen LogP contribution in [-0.4, -0.2) is 90.7 Å². The first kappa shape index (κ1) is 22.5. The number of unbranched alkanes of at least 4 members (excludes halogenated alkanes) is 1. The summed E-state index contributed by atoms with van der Waals surface area (Å²) in [6.45, 7) is 5.71. The van der Waals surface area contributed by atoms with Crippen LogP contribution in [0.4, 0.5) is 4.79 Å². The maximum atomic E-state index is 12.6. The van der Waals surface area contributed by atoms with Crippen LogP contribution in [0.1, 0.15) is 18.6 Å². The number of hydrazone groups is 1. The third-order valence-corrected chi connectivity index (χ3v) is 6.04. The highest BCUT2D eigenvalue weighted by Gasteiger charge is 2.35. The molecule has 0 unspecified atom stereocenters. The minimum Gasteiger partial charge on any atom is -0.455 e. The molecule has 32 heavy (non-hydrogen) atoms. The number of amides is 3. The lowest BCUT2D eigenvalue weighted by molar-refractivity contribution is -0.125. The Morgan fingerprint density at radius 3 is 2.62 bits per heavy atom. The van der Waals surface area contributed by atoms with Gasteiger partial charge in [-0.2, -0.15) is 5.10 Å². The van der Waals surface area contributed by atoms with E-state index in [1.54, 1.807) is 12.1 Å². The van der Waals surface area contributed by atoms with Crippen molar-refractivity contribution in [1.29, 1.82) is 0 Å². The molecule has 0 radical (unpaired) electrons. The van der Waals surface area contributed by atoms with Gasteiger partial charge in [0.2, 0.25) is 0 Å². The molecule has 0 bridgehead atoms. The first-order chi connectivity index (χ1) is 15.5. The van der Waals surface area contributed by atoms with Crippen molar-refractivity contribution >= 4 is 29.8 Å². The Labute approximate surface area is 193 Å². The fourth-order valence-corrected chi connectivity index (χ4v) is 4.05. The third kappa shape index (κ3) is 5.56. The maximum absolute atomic E-state index is 12.6. The summed E-state index contributed by atoms with van der Waals surface area (Å²) in [7, 11) is 2.14. The minimum absolute atomic E-state index is 0.0460. The molecule has 2 fully saturated rings. The number of furan rings is 1. The van der Waals surface area contributed by atoms with E-state index in [1.807, 2.05) is 24.3 Å². The second-order valence-corrected chi connectivity index (χ2v) is 8.63. The quantitative estimate of drug-likeness (QED) is 0.346. The van der Waals surface area contributed by atoms with Gasteiger partial charge in [-0.1, -0.05) is 23.7 Å². The van der Waals surface area contributed by atoms with Gasteiger partial charge in [0.25, 0.3) is 5.91 Å². The first-order valence-electron chi connectivity index (χ1n) is 10.9. The molecule has 2 aliphatic rings. The normalized spacial score (nSPS) is 18.4. The van der Waals surface area contributed by atoms with Crippen LogP contribution in [-0.2, 0) is 4.79 Å². The molecule has 1 aromatic heterocycles. The molecule has 2 aliphatic heterocycles. The van der Waals surface area contributed by atoms with Crippen LogP contribution in [0.3, 0.4) is 0 Å². The number of halogens is 1. The summed E-state index contributed by atoms with van der Waals surface area (Å²) < 4.78 is 5.77. The topological polar surface area (TPSA) is 72.6 Å². The molecule has 0 N–H and O–H groups in total. The second kappa shape index (κ2) is 10.3. The van der Waals surface area contributed by atoms with Gasteiger partial charge in [-0.15, -0.1) is 0 Å². The van der Waals surface area contributed by atoms with Crippen molar-refractivity contribution in [2.75, 3.05) is 52.9 Å². The average molecular weight is 458 g/mol. The summed E-state index contributed by atoms with van der Waals surface area (Å²) in [6, 6.07) is 10.6. The molecule has 9 heteroatoms. The Kier molecular flexibility index (Phi) is 7.24. The summed E-state index contributed by atoms with van der Waals surface area (Å²) >= 11 is 6.03. The van der Waals surface area contributed by atoms with Gasteiger partial charge in [-0.25, -0.2) is 9.80 Å². The van der Waals surface area contributed by atoms with E-state index in [0.29, 0.717) is 23.1 Å². The lowest BCUT2D eigenvalue weighted by atomic mass is 10.2. The first-order valence-corrected chi connectivity index (χ1v) is 11.3. The molecule has 3 heterocycles. The standard InChI is InChI=1S/C23H28ClN5O3/c1-26-11-13-27(14-12-26)9-2-3-10-28-22(30)17-29(23(28)31)25-16-20-7-8-21(32-20)18-5-4-6-19(24)15-18/h4-8,15-16H,2-3,9-14,17H2,1H3/b25-16-. The van der Waals surface area contributed by atoms with Crippen LogP contribution in [0.25, 0.3) is 11.3 Å². The van der Waals surface area contributed by atoms with Crippen LogP contribution < -0.4 is 0 Å². The monoisotopic (exact) mass is 457 g/mol. The van der Waals surface area contributed by atoms with Gasteiger partial charge in [-0.3, -0.25) is 9.69 Å². The molecule has 2 aromatic rings. The van der Waals surface area contributed by atoms with E-state index >= 15 is 0 Å². The van der Waals surface area contributed by atoms with E-state index in [9.17, 15) is 9.59 Å². The zero-order valence-electron chi connectivity index (χ0n) is 18.2. The van der Waals surface area contributed by atoms with Crippen molar-refractivity contribution in [3.8, 4) is 11.3 Å². The van der Waals surface area contributed by atoms with E-state index in [-0.39, 0.29) is 18.5 Å². The van der Waals surface area contributed by atoms with Gasteiger partial charge in [0, 0.05) is 43.3 Å². The number of hydrogen-bond donors (Lipinski definition) is 0. The van der Waals surface area contributed by atoms with Crippen molar-refractivity contribution in [1.82, 2.24) is 19.7 Å². The summed E-state index contributed by atoms with van der Waals surface area (Å²) in [5.74, 6) is 0.927. The maximum Gasteiger partial charge on any atom is 0.347 e. The van der Waals surface area contributed by atoms with Crippen molar-refractivity contribution in [3.05, 3.63) is 47.2 Å². The van der Waals surface area contributed by atoms with E-state index in [4.69, 9.17) is 16.0 Å². The van der Waals surface area contributed by atoms with E-state index < -0.39 is 0 Å². The number of carbonyl (C=O) groups is 2. The molecule has 4 rings (SSSR count). The highest BCUT2D eigenvalue weighted by atomic mass is 35.5. The zero-order chi connectivity index (χ0) is 22.5. The fourth-order valence-electron chi connectivity index (χ4n) is 3.86. The molecular weight excluding hydrogens is 430 g/mol. The lowest BCUT2D eigenvalue weighted by Gasteiger charge is -2.32. The van der Waals surface area contributed by atoms with Crippen molar-refractivity contribution in [2.45, 2.75) is 12.8 Å². The summed E-state index contributed by atoms with van der Waals surface area (Å²) in [5, 5.41) is 5.98. The van der Waals surface area contributed by atoms with Crippen LogP contribution in [0.2, 0.25) is 5.02 Å². The van der Waals surface area contributed by atoms with E-state index in [1.165, 1.54) is 16.1 Å². The third-order valence-electron chi connectivity index (χ3n) is 5.80. The highest BCUT2D eigenvalue weighted by molar-refractivity contribution is 6.30. The van der Waals surface area contributed by atoms with Crippen LogP contribution >= 0.6 is 11.6 Å². The Balaban J connectivity index is 1.26. The molecule has 8 nitrogen and oxygen atoms in total. The highest BCUT2D eigenvalue weighted by Crippen LogP contribution is 2.24. The molecule has 0 atom stereocenters. The predicted molar refractivity (Wildman–Crippen MR) is 124 cm³/mol. The van der Waals surface area contributed by atoms with Gasteiger partial charge in [-0.05, 0) is 50.7 Å². The smallest absolute Gasteiger partial charge is 0.347 e. The summed E-state index contributed by atoms with van der Waals surface area (Å²) in [4.78, 5) is 30.9. The Bertz CT molecular complexity index is 984. The van der Waals surface area contributed by atoms with Gasteiger partial charge >= 0.3 is 6.03 Å². The Morgan fingerprint density at radius 1 is 1.06 bits per heavy atom. The number of piperazine rings is 1. The number of benzene rings is 1. The number of rotatable bonds is 8. The SMILES string of the molecule is CN1CCN(CCCCN2C(=O)CN(/N=C\c3ccc(-c4cccc(Cl)c4)o3)C2=O)CC1. The van der Waals surface area contributed by atoms with E-state index in [2.05, 4.69) is 21.9 Å². The molecule has 0 aliphatic carbocycles. The van der Waals surface area contributed by atoms with E-state index in [0.717, 1.165) is 51.1 Å². The Morgan fingerprint density at radius 2 is 1.84 bits per heavy atom. The van der Waals surface area contributed by atoms with Gasteiger partial charge in [0.15, 0.2) is 0 Å². The molecule has 0 spiro atoms. The second-order valence-electron chi connectivity index (χ2n) is 8.19. The fraction of sp³-hybridized carbons (Fsp3) is 0.435. The van der Waals surface area contributed by atoms with Crippen LogP contribution in [0, 0.1) is 0 Å². The number of urea groups is 1. The number of imide groups is 1. The largest absolute Gasteiger partial charge is 0.455 e. The predicted octanol–water partition coefficient (Wildman–Crippen LogP) is 3.23. The Hall–Kier alpha value is -2.68.